The molecule has 0 unspecified atom stereocenters. The SMILES string of the molecule is CN(C)c1cccc(Oc2cc(Cl)ccc2C(=O)O)c1. The summed E-state index contributed by atoms with van der Waals surface area (Å²) in [5.41, 5.74) is 1.03. The quantitative estimate of drug-likeness (QED) is 0.928. The molecule has 104 valence electrons. The predicted molar refractivity (Wildman–Crippen MR) is 79.3 cm³/mol. The summed E-state index contributed by atoms with van der Waals surface area (Å²) in [7, 11) is 3.84. The Balaban J connectivity index is 2.36. The van der Waals surface area contributed by atoms with E-state index in [0.29, 0.717) is 10.8 Å². The van der Waals surface area contributed by atoms with Crippen LogP contribution in [0.1, 0.15) is 10.4 Å². The van der Waals surface area contributed by atoms with Gasteiger partial charge in [0.25, 0.3) is 0 Å². The summed E-state index contributed by atoms with van der Waals surface area (Å²) in [6.07, 6.45) is 0. The third-order valence-corrected chi connectivity index (χ3v) is 2.97. The summed E-state index contributed by atoms with van der Waals surface area (Å²) in [5, 5.41) is 9.57. The number of carboxylic acids is 1. The maximum Gasteiger partial charge on any atom is 0.339 e. The molecule has 20 heavy (non-hydrogen) atoms. The van der Waals surface area contributed by atoms with Gasteiger partial charge in [-0.3, -0.25) is 0 Å². The number of carbonyl (C=O) groups is 1. The van der Waals surface area contributed by atoms with Crippen molar-refractivity contribution in [1.29, 1.82) is 0 Å². The van der Waals surface area contributed by atoms with E-state index >= 15 is 0 Å². The van der Waals surface area contributed by atoms with Crippen LogP contribution in [0.25, 0.3) is 0 Å². The number of anilines is 1. The molecular weight excluding hydrogens is 278 g/mol. The molecule has 0 aliphatic carbocycles. The first-order chi connectivity index (χ1) is 9.47. The zero-order chi connectivity index (χ0) is 14.7. The van der Waals surface area contributed by atoms with Crippen LogP contribution in [0.3, 0.4) is 0 Å². The average molecular weight is 292 g/mol. The molecule has 0 spiro atoms. The van der Waals surface area contributed by atoms with E-state index < -0.39 is 5.97 Å². The lowest BCUT2D eigenvalue weighted by Crippen LogP contribution is -2.08. The molecule has 0 aliphatic heterocycles. The first-order valence-electron chi connectivity index (χ1n) is 5.95. The highest BCUT2D eigenvalue weighted by Gasteiger charge is 2.13. The van der Waals surface area contributed by atoms with Gasteiger partial charge in [0.05, 0.1) is 0 Å². The maximum absolute atomic E-state index is 11.2. The molecule has 0 amide bonds. The van der Waals surface area contributed by atoms with E-state index in [1.807, 2.05) is 37.2 Å². The summed E-state index contributed by atoms with van der Waals surface area (Å²) >= 11 is 5.89. The van der Waals surface area contributed by atoms with E-state index in [2.05, 4.69) is 0 Å². The van der Waals surface area contributed by atoms with Crippen LogP contribution in [-0.4, -0.2) is 25.2 Å². The average Bonchev–Trinajstić information content (AvgIpc) is 2.38. The van der Waals surface area contributed by atoms with Crippen molar-refractivity contribution < 1.29 is 14.6 Å². The number of hydrogen-bond acceptors (Lipinski definition) is 3. The van der Waals surface area contributed by atoms with Gasteiger partial charge in [-0.1, -0.05) is 17.7 Å². The molecule has 2 aromatic rings. The van der Waals surface area contributed by atoms with Gasteiger partial charge in [0.1, 0.15) is 17.1 Å². The van der Waals surface area contributed by atoms with Crippen LogP contribution >= 0.6 is 11.6 Å². The monoisotopic (exact) mass is 291 g/mol. The Labute approximate surface area is 122 Å². The van der Waals surface area contributed by atoms with Gasteiger partial charge >= 0.3 is 5.97 Å². The van der Waals surface area contributed by atoms with Crippen LogP contribution in [0.4, 0.5) is 5.69 Å². The lowest BCUT2D eigenvalue weighted by molar-refractivity contribution is 0.0694. The number of ether oxygens (including phenoxy) is 1. The topological polar surface area (TPSA) is 49.8 Å². The van der Waals surface area contributed by atoms with E-state index in [-0.39, 0.29) is 11.3 Å². The van der Waals surface area contributed by atoms with Crippen molar-refractivity contribution in [2.24, 2.45) is 0 Å². The second-order valence-electron chi connectivity index (χ2n) is 4.44. The second-order valence-corrected chi connectivity index (χ2v) is 4.88. The Morgan fingerprint density at radius 3 is 2.60 bits per heavy atom. The standard InChI is InChI=1S/C15H14ClNO3/c1-17(2)11-4-3-5-12(9-11)20-14-8-10(16)6-7-13(14)15(18)19/h3-9H,1-2H3,(H,18,19). The van der Waals surface area contributed by atoms with Crippen LogP contribution in [0, 0.1) is 0 Å². The van der Waals surface area contributed by atoms with Crippen molar-refractivity contribution in [3.63, 3.8) is 0 Å². The normalized spacial score (nSPS) is 10.2. The van der Waals surface area contributed by atoms with E-state index in [1.54, 1.807) is 6.07 Å². The second kappa shape index (κ2) is 5.84. The lowest BCUT2D eigenvalue weighted by Gasteiger charge is -2.14. The number of carboxylic acid groups (broad SMARTS) is 1. The van der Waals surface area contributed by atoms with Gasteiger partial charge in [-0.15, -0.1) is 0 Å². The largest absolute Gasteiger partial charge is 0.478 e. The lowest BCUT2D eigenvalue weighted by atomic mass is 10.2. The van der Waals surface area contributed by atoms with Gasteiger partial charge in [0, 0.05) is 36.9 Å². The molecule has 0 bridgehead atoms. The molecule has 2 rings (SSSR count). The maximum atomic E-state index is 11.2. The Morgan fingerprint density at radius 2 is 1.95 bits per heavy atom. The molecule has 0 fully saturated rings. The number of benzene rings is 2. The van der Waals surface area contributed by atoms with Crippen LogP contribution < -0.4 is 9.64 Å². The van der Waals surface area contributed by atoms with E-state index in [0.717, 1.165) is 5.69 Å². The smallest absolute Gasteiger partial charge is 0.339 e. The molecule has 2 aromatic carbocycles. The molecule has 5 heteroatoms. The fraction of sp³-hybridized carbons (Fsp3) is 0.133. The molecule has 0 heterocycles. The Morgan fingerprint density at radius 1 is 1.20 bits per heavy atom. The highest BCUT2D eigenvalue weighted by molar-refractivity contribution is 6.30. The van der Waals surface area contributed by atoms with E-state index in [9.17, 15) is 4.79 Å². The molecule has 0 radical (unpaired) electrons. The third kappa shape index (κ3) is 3.22. The highest BCUT2D eigenvalue weighted by atomic mass is 35.5. The summed E-state index contributed by atoms with van der Waals surface area (Å²) in [5.74, 6) is -0.276. The molecule has 1 N–H and O–H groups in total. The molecular formula is C15H14ClNO3. The molecule has 0 saturated heterocycles. The Bertz CT molecular complexity index is 641. The van der Waals surface area contributed by atoms with Crippen molar-refractivity contribution >= 4 is 23.3 Å². The molecule has 0 aromatic heterocycles. The Hall–Kier alpha value is -2.20. The van der Waals surface area contributed by atoms with Gasteiger partial charge in [-0.25, -0.2) is 4.79 Å². The minimum absolute atomic E-state index is 0.0738. The van der Waals surface area contributed by atoms with Crippen LogP contribution in [0.5, 0.6) is 11.5 Å². The van der Waals surface area contributed by atoms with Crippen LogP contribution in [0.15, 0.2) is 42.5 Å². The number of hydrogen-bond donors (Lipinski definition) is 1. The number of nitrogens with zero attached hydrogens (tertiary/aromatic N) is 1. The summed E-state index contributed by atoms with van der Waals surface area (Å²) in [6, 6.07) is 11.8. The fourth-order valence-corrected chi connectivity index (χ4v) is 1.87. The minimum Gasteiger partial charge on any atom is -0.478 e. The number of rotatable bonds is 4. The van der Waals surface area contributed by atoms with Crippen molar-refractivity contribution in [2.75, 3.05) is 19.0 Å². The molecule has 4 nitrogen and oxygen atoms in total. The zero-order valence-corrected chi connectivity index (χ0v) is 11.9. The van der Waals surface area contributed by atoms with Crippen LogP contribution in [0.2, 0.25) is 5.02 Å². The van der Waals surface area contributed by atoms with Crippen molar-refractivity contribution in [3.05, 3.63) is 53.1 Å². The van der Waals surface area contributed by atoms with Gasteiger partial charge in [0.15, 0.2) is 0 Å². The van der Waals surface area contributed by atoms with Gasteiger partial charge < -0.3 is 14.7 Å². The molecule has 0 saturated carbocycles. The zero-order valence-electron chi connectivity index (χ0n) is 11.1. The minimum atomic E-state index is -1.06. The predicted octanol–water partition coefficient (Wildman–Crippen LogP) is 3.90. The molecule has 0 atom stereocenters. The van der Waals surface area contributed by atoms with Gasteiger partial charge in [0.2, 0.25) is 0 Å². The van der Waals surface area contributed by atoms with Crippen molar-refractivity contribution in [3.8, 4) is 11.5 Å². The van der Waals surface area contributed by atoms with Gasteiger partial charge in [-0.05, 0) is 24.3 Å². The summed E-state index contributed by atoms with van der Waals surface area (Å²) in [6.45, 7) is 0. The number of halogens is 1. The fourth-order valence-electron chi connectivity index (χ4n) is 1.71. The summed E-state index contributed by atoms with van der Waals surface area (Å²) in [4.78, 5) is 13.1. The highest BCUT2D eigenvalue weighted by Crippen LogP contribution is 2.30. The first kappa shape index (κ1) is 14.2. The molecule has 0 aliphatic rings. The first-order valence-corrected chi connectivity index (χ1v) is 6.33. The third-order valence-electron chi connectivity index (χ3n) is 2.74. The number of aromatic carboxylic acids is 1. The van der Waals surface area contributed by atoms with Crippen molar-refractivity contribution in [1.82, 2.24) is 0 Å². The van der Waals surface area contributed by atoms with Gasteiger partial charge in [-0.2, -0.15) is 0 Å². The summed E-state index contributed by atoms with van der Waals surface area (Å²) < 4.78 is 5.65. The van der Waals surface area contributed by atoms with Crippen molar-refractivity contribution in [2.45, 2.75) is 0 Å². The Kier molecular flexibility index (Phi) is 4.15. The van der Waals surface area contributed by atoms with E-state index in [4.69, 9.17) is 21.4 Å². The van der Waals surface area contributed by atoms with E-state index in [1.165, 1.54) is 18.2 Å². The van der Waals surface area contributed by atoms with Crippen LogP contribution in [-0.2, 0) is 0 Å².